The van der Waals surface area contributed by atoms with Gasteiger partial charge < -0.3 is 4.89 Å². The average molecular weight is 627 g/mol. The van der Waals surface area contributed by atoms with Crippen LogP contribution >= 0.6 is 7.67 Å². The number of hydrogen-bond acceptors (Lipinski definition) is 5. The van der Waals surface area contributed by atoms with Gasteiger partial charge in [0.05, 0.1) is 21.2 Å². The van der Waals surface area contributed by atoms with Gasteiger partial charge in [-0.2, -0.15) is 8.15 Å². The molecule has 214 valence electrons. The molecule has 6 aromatic carbocycles. The molecule has 1 aliphatic rings. The second-order valence-electron chi connectivity index (χ2n) is 10.00. The number of benzene rings is 6. The SMILES string of the molecule is O=P1(O)N(S(=O)(=O)c2ccccc2)c2ccc3ccccc3c2-c2c(ccc3ccccc23)N1S(=O)(=O)c1ccccc1. The molecule has 0 radical (unpaired) electrons. The molecule has 0 aromatic heterocycles. The maximum atomic E-state index is 15.0. The van der Waals surface area contributed by atoms with E-state index in [1.165, 1.54) is 60.7 Å². The first-order valence-electron chi connectivity index (χ1n) is 13.2. The van der Waals surface area contributed by atoms with E-state index in [4.69, 9.17) is 0 Å². The summed E-state index contributed by atoms with van der Waals surface area (Å²) in [4.78, 5) is 11.6. The van der Waals surface area contributed by atoms with Crippen molar-refractivity contribution in [2.24, 2.45) is 0 Å². The molecule has 0 aliphatic carbocycles. The average Bonchev–Trinajstić information content (AvgIpc) is 3.11. The predicted molar refractivity (Wildman–Crippen MR) is 169 cm³/mol. The lowest BCUT2D eigenvalue weighted by molar-refractivity contribution is 0.479. The molecule has 1 N–H and O–H groups in total. The van der Waals surface area contributed by atoms with E-state index in [0.29, 0.717) is 30.1 Å². The second-order valence-corrected chi connectivity index (χ2v) is 15.9. The molecule has 0 spiro atoms. The minimum Gasteiger partial charge on any atom is -0.312 e. The fraction of sp³-hybridized carbons (Fsp3) is 0. The van der Waals surface area contributed by atoms with Crippen LogP contribution < -0.4 is 8.15 Å². The first-order chi connectivity index (χ1) is 20.6. The lowest BCUT2D eigenvalue weighted by Gasteiger charge is -2.34. The van der Waals surface area contributed by atoms with Gasteiger partial charge in [-0.25, -0.2) is 21.4 Å². The number of anilines is 2. The van der Waals surface area contributed by atoms with Crippen molar-refractivity contribution < 1.29 is 26.3 Å². The summed E-state index contributed by atoms with van der Waals surface area (Å²) in [6.45, 7) is 0. The minimum absolute atomic E-state index is 0.114. The highest BCUT2D eigenvalue weighted by Crippen LogP contribution is 2.65. The fourth-order valence-corrected chi connectivity index (χ4v) is 12.3. The highest BCUT2D eigenvalue weighted by Gasteiger charge is 2.53. The molecule has 0 unspecified atom stereocenters. The molecule has 43 heavy (non-hydrogen) atoms. The third kappa shape index (κ3) is 4.10. The van der Waals surface area contributed by atoms with Crippen molar-refractivity contribution >= 4 is 60.6 Å². The Morgan fingerprint density at radius 1 is 0.465 bits per heavy atom. The zero-order valence-electron chi connectivity index (χ0n) is 22.3. The second kappa shape index (κ2) is 9.79. The van der Waals surface area contributed by atoms with Gasteiger partial charge in [0.1, 0.15) is 0 Å². The molecule has 0 amide bonds. The van der Waals surface area contributed by atoms with Gasteiger partial charge in [0.15, 0.2) is 0 Å². The van der Waals surface area contributed by atoms with Crippen molar-refractivity contribution in [3.8, 4) is 11.1 Å². The summed E-state index contributed by atoms with van der Waals surface area (Å²) in [7, 11) is -15.2. The van der Waals surface area contributed by atoms with Crippen LogP contribution in [0.2, 0.25) is 0 Å². The largest absolute Gasteiger partial charge is 0.422 e. The van der Waals surface area contributed by atoms with E-state index >= 15 is 4.57 Å². The monoisotopic (exact) mass is 626 g/mol. The maximum absolute atomic E-state index is 15.0. The Morgan fingerprint density at radius 2 is 0.814 bits per heavy atom. The summed E-state index contributed by atoms with van der Waals surface area (Å²) in [5, 5.41) is 2.66. The van der Waals surface area contributed by atoms with Crippen LogP contribution in [0, 0.1) is 0 Å². The van der Waals surface area contributed by atoms with Gasteiger partial charge in [0, 0.05) is 11.1 Å². The van der Waals surface area contributed by atoms with Gasteiger partial charge in [0.25, 0.3) is 20.0 Å². The van der Waals surface area contributed by atoms with Crippen molar-refractivity contribution in [3.05, 3.63) is 133 Å². The van der Waals surface area contributed by atoms with E-state index in [9.17, 15) is 21.7 Å². The van der Waals surface area contributed by atoms with E-state index in [2.05, 4.69) is 0 Å². The Bertz CT molecular complexity index is 2170. The Labute approximate surface area is 248 Å². The lowest BCUT2D eigenvalue weighted by Crippen LogP contribution is -2.38. The molecule has 7 rings (SSSR count). The van der Waals surface area contributed by atoms with Gasteiger partial charge in [-0.1, -0.05) is 97.1 Å². The van der Waals surface area contributed by atoms with Gasteiger partial charge in [0.2, 0.25) is 0 Å². The van der Waals surface area contributed by atoms with Gasteiger partial charge in [-0.15, -0.1) is 0 Å². The van der Waals surface area contributed by atoms with Crippen molar-refractivity contribution in [2.45, 2.75) is 9.79 Å². The van der Waals surface area contributed by atoms with Crippen LogP contribution in [0.4, 0.5) is 11.4 Å². The molecule has 0 fully saturated rings. The normalized spacial score (nSPS) is 14.7. The third-order valence-corrected chi connectivity index (χ3v) is 14.5. The van der Waals surface area contributed by atoms with Gasteiger partial charge in [-0.3, -0.25) is 0 Å². The molecule has 1 heterocycles. The Morgan fingerprint density at radius 3 is 1.21 bits per heavy atom. The molecular formula is C32H23N2O6PS2. The van der Waals surface area contributed by atoms with Crippen LogP contribution in [0.3, 0.4) is 0 Å². The maximum Gasteiger partial charge on any atom is 0.422 e. The Hall–Kier alpha value is -4.47. The number of rotatable bonds is 4. The zero-order valence-corrected chi connectivity index (χ0v) is 24.9. The minimum atomic E-state index is -5.55. The summed E-state index contributed by atoms with van der Waals surface area (Å²) in [5.74, 6) is 0. The van der Waals surface area contributed by atoms with Crippen LogP contribution in [0.1, 0.15) is 0 Å². The van der Waals surface area contributed by atoms with E-state index in [1.54, 1.807) is 48.5 Å². The van der Waals surface area contributed by atoms with E-state index in [1.807, 2.05) is 24.3 Å². The van der Waals surface area contributed by atoms with Crippen molar-refractivity contribution in [1.29, 1.82) is 0 Å². The topological polar surface area (TPSA) is 112 Å². The molecule has 8 nitrogen and oxygen atoms in total. The van der Waals surface area contributed by atoms with E-state index in [-0.39, 0.29) is 21.2 Å². The summed E-state index contributed by atoms with van der Waals surface area (Å²) in [6, 6.07) is 35.2. The molecule has 6 aromatic rings. The van der Waals surface area contributed by atoms with Crippen LogP contribution in [0.15, 0.2) is 143 Å². The molecule has 0 atom stereocenters. The van der Waals surface area contributed by atoms with Crippen LogP contribution in [-0.2, 0) is 24.6 Å². The summed E-state index contributed by atoms with van der Waals surface area (Å²) in [6.07, 6.45) is 0. The van der Waals surface area contributed by atoms with E-state index in [0.717, 1.165) is 10.8 Å². The summed E-state index contributed by atoms with van der Waals surface area (Å²) in [5.41, 5.74) is 0.419. The van der Waals surface area contributed by atoms with Crippen LogP contribution in [0.5, 0.6) is 0 Å². The van der Waals surface area contributed by atoms with E-state index < -0.39 is 27.7 Å². The molecule has 11 heteroatoms. The lowest BCUT2D eigenvalue weighted by atomic mass is 9.91. The smallest absolute Gasteiger partial charge is 0.312 e. The molecular weight excluding hydrogens is 603 g/mol. The highest BCUT2D eigenvalue weighted by atomic mass is 32.2. The Kier molecular flexibility index (Phi) is 6.23. The molecule has 0 bridgehead atoms. The molecule has 1 aliphatic heterocycles. The first-order valence-corrected chi connectivity index (χ1v) is 17.7. The zero-order chi connectivity index (χ0) is 30.0. The molecule has 0 saturated heterocycles. The first kappa shape index (κ1) is 27.4. The van der Waals surface area contributed by atoms with Gasteiger partial charge >= 0.3 is 7.67 Å². The summed E-state index contributed by atoms with van der Waals surface area (Å²) < 4.78 is 73.6. The van der Waals surface area contributed by atoms with Crippen LogP contribution in [-0.4, -0.2) is 21.7 Å². The Balaban J connectivity index is 1.72. The number of hydrogen-bond donors (Lipinski definition) is 1. The third-order valence-electron chi connectivity index (χ3n) is 7.49. The van der Waals surface area contributed by atoms with Gasteiger partial charge in [-0.05, 0) is 57.9 Å². The molecule has 0 saturated carbocycles. The number of sulfonamides is 2. The van der Waals surface area contributed by atoms with Crippen LogP contribution in [0.25, 0.3) is 32.7 Å². The fourth-order valence-electron chi connectivity index (χ4n) is 5.64. The number of fused-ring (bicyclic) bond motifs is 7. The van der Waals surface area contributed by atoms with Crippen molar-refractivity contribution in [2.75, 3.05) is 8.15 Å². The predicted octanol–water partition coefficient (Wildman–Crippen LogP) is 7.16. The number of nitrogens with zero attached hydrogens (tertiary/aromatic N) is 2. The highest BCUT2D eigenvalue weighted by molar-refractivity contribution is 8.06. The quantitative estimate of drug-likeness (QED) is 0.208. The van der Waals surface area contributed by atoms with Crippen molar-refractivity contribution in [1.82, 2.24) is 0 Å². The van der Waals surface area contributed by atoms with Crippen molar-refractivity contribution in [3.63, 3.8) is 0 Å². The summed E-state index contributed by atoms with van der Waals surface area (Å²) >= 11 is 0. The standard InChI is InChI=1S/C32H23N2O6PS2/c35-41(36)33(42(37,38)25-13-3-1-4-14-25)29-21-19-23-11-7-9-17-27(23)31(29)32-28-18-10-8-12-24(28)20-22-30(32)34(41)43(39,40)26-15-5-2-6-16-26/h1-22H,(H,35,36).